The first-order valence-corrected chi connectivity index (χ1v) is 11.6. The van der Waals surface area contributed by atoms with Crippen LogP contribution < -0.4 is 10.1 Å². The Morgan fingerprint density at radius 1 is 1.25 bits per heavy atom. The lowest BCUT2D eigenvalue weighted by atomic mass is 10.1. The number of rotatable bonds is 8. The van der Waals surface area contributed by atoms with E-state index in [4.69, 9.17) is 4.74 Å². The second-order valence-corrected chi connectivity index (χ2v) is 9.89. The highest BCUT2D eigenvalue weighted by Crippen LogP contribution is 2.26. The highest BCUT2D eigenvalue weighted by atomic mass is 32.2. The maximum Gasteiger partial charge on any atom is 0.225 e. The van der Waals surface area contributed by atoms with Crippen LogP contribution in [0.4, 0.5) is 0 Å². The third kappa shape index (κ3) is 5.47. The van der Waals surface area contributed by atoms with Crippen molar-refractivity contribution >= 4 is 21.7 Å². The third-order valence-corrected chi connectivity index (χ3v) is 7.09. The zero-order chi connectivity index (χ0) is 20.1. The summed E-state index contributed by atoms with van der Waals surface area (Å²) in [4.78, 5) is 26.1. The van der Waals surface area contributed by atoms with E-state index in [0.717, 1.165) is 18.6 Å². The molecular formula is C20H28N2O5S. The lowest BCUT2D eigenvalue weighted by Gasteiger charge is -2.22. The Balaban J connectivity index is 1.33. The fourth-order valence-corrected chi connectivity index (χ4v) is 5.42. The van der Waals surface area contributed by atoms with Crippen LogP contribution in [0.15, 0.2) is 24.3 Å². The Labute approximate surface area is 166 Å². The number of carbonyl (C=O) groups excluding carboxylic acids is 2. The molecule has 2 atom stereocenters. The van der Waals surface area contributed by atoms with E-state index in [2.05, 4.69) is 5.32 Å². The van der Waals surface area contributed by atoms with Gasteiger partial charge in [-0.15, -0.1) is 0 Å². The topological polar surface area (TPSA) is 92.8 Å². The minimum Gasteiger partial charge on any atom is -0.494 e. The average Bonchev–Trinajstić information content (AvgIpc) is 3.21. The van der Waals surface area contributed by atoms with Crippen molar-refractivity contribution in [1.82, 2.24) is 10.2 Å². The smallest absolute Gasteiger partial charge is 0.225 e. The van der Waals surface area contributed by atoms with Gasteiger partial charge in [-0.3, -0.25) is 9.59 Å². The molecule has 0 saturated carbocycles. The van der Waals surface area contributed by atoms with Crippen molar-refractivity contribution < 1.29 is 22.7 Å². The molecule has 154 valence electrons. The normalized spacial score (nSPS) is 23.8. The van der Waals surface area contributed by atoms with Crippen LogP contribution in [-0.2, 0) is 19.4 Å². The van der Waals surface area contributed by atoms with Crippen molar-refractivity contribution in [3.05, 3.63) is 29.8 Å². The van der Waals surface area contributed by atoms with E-state index < -0.39 is 9.84 Å². The molecule has 1 N–H and O–H groups in total. The number of nitrogens with one attached hydrogen (secondary N) is 1. The van der Waals surface area contributed by atoms with Crippen LogP contribution in [0.5, 0.6) is 5.75 Å². The van der Waals surface area contributed by atoms with Crippen molar-refractivity contribution in [2.24, 2.45) is 5.92 Å². The van der Waals surface area contributed by atoms with Crippen LogP contribution >= 0.6 is 0 Å². The highest BCUT2D eigenvalue weighted by molar-refractivity contribution is 7.91. The van der Waals surface area contributed by atoms with Crippen LogP contribution in [-0.4, -0.2) is 62.4 Å². The van der Waals surface area contributed by atoms with Gasteiger partial charge in [-0.25, -0.2) is 8.42 Å². The molecule has 0 radical (unpaired) electrons. The lowest BCUT2D eigenvalue weighted by Crippen LogP contribution is -2.39. The Kier molecular flexibility index (Phi) is 6.59. The van der Waals surface area contributed by atoms with E-state index in [1.165, 1.54) is 5.56 Å². The summed E-state index contributed by atoms with van der Waals surface area (Å²) < 4.78 is 28.9. The number of unbranched alkanes of at least 4 members (excludes halogenated alkanes) is 1. The molecule has 1 aromatic carbocycles. The van der Waals surface area contributed by atoms with Crippen molar-refractivity contribution in [2.75, 3.05) is 31.2 Å². The fraction of sp³-hybridized carbons (Fsp3) is 0.600. The molecule has 7 nitrogen and oxygen atoms in total. The van der Waals surface area contributed by atoms with Crippen LogP contribution in [0.1, 0.15) is 31.2 Å². The predicted octanol–water partition coefficient (Wildman–Crippen LogP) is 1.31. The fourth-order valence-electron chi connectivity index (χ4n) is 3.69. The molecule has 2 fully saturated rings. The summed E-state index contributed by atoms with van der Waals surface area (Å²) in [6.07, 6.45) is 2.26. The summed E-state index contributed by atoms with van der Waals surface area (Å²) in [7, 11) is -3.05. The summed E-state index contributed by atoms with van der Waals surface area (Å²) in [6.45, 7) is 3.48. The zero-order valence-corrected chi connectivity index (χ0v) is 17.0. The molecule has 28 heavy (non-hydrogen) atoms. The van der Waals surface area contributed by atoms with E-state index in [0.29, 0.717) is 26.1 Å². The Morgan fingerprint density at radius 3 is 2.68 bits per heavy atom. The molecule has 2 heterocycles. The molecule has 2 aliphatic heterocycles. The van der Waals surface area contributed by atoms with Gasteiger partial charge in [0.15, 0.2) is 9.84 Å². The molecule has 0 aliphatic carbocycles. The molecule has 3 rings (SSSR count). The summed E-state index contributed by atoms with van der Waals surface area (Å²) in [5.74, 6) is 0.356. The monoisotopic (exact) mass is 408 g/mol. The SMILES string of the molecule is Cc1ccc(OCCCCNC(=O)[C@H]2CC(=O)N([C@@H]3CCS(=O)(=O)C3)C2)cc1. The van der Waals surface area contributed by atoms with Crippen molar-refractivity contribution in [3.8, 4) is 5.75 Å². The third-order valence-electron chi connectivity index (χ3n) is 5.34. The van der Waals surface area contributed by atoms with Crippen LogP contribution in [0.2, 0.25) is 0 Å². The van der Waals surface area contributed by atoms with Crippen LogP contribution in [0, 0.1) is 12.8 Å². The van der Waals surface area contributed by atoms with Gasteiger partial charge in [0.25, 0.3) is 0 Å². The molecule has 2 aliphatic rings. The van der Waals surface area contributed by atoms with Gasteiger partial charge in [-0.05, 0) is 38.3 Å². The minimum atomic E-state index is -3.05. The van der Waals surface area contributed by atoms with Crippen molar-refractivity contribution in [3.63, 3.8) is 0 Å². The number of carbonyl (C=O) groups is 2. The average molecular weight is 409 g/mol. The number of ether oxygens (including phenoxy) is 1. The Morgan fingerprint density at radius 2 is 2.00 bits per heavy atom. The van der Waals surface area contributed by atoms with Gasteiger partial charge < -0.3 is 15.0 Å². The molecular weight excluding hydrogens is 380 g/mol. The van der Waals surface area contributed by atoms with E-state index in [-0.39, 0.29) is 41.7 Å². The Hall–Kier alpha value is -2.09. The second-order valence-electron chi connectivity index (χ2n) is 7.66. The Bertz CT molecular complexity index is 806. The molecule has 0 bridgehead atoms. The first-order chi connectivity index (χ1) is 13.3. The van der Waals surface area contributed by atoms with Gasteiger partial charge in [-0.2, -0.15) is 0 Å². The van der Waals surface area contributed by atoms with E-state index in [9.17, 15) is 18.0 Å². The largest absolute Gasteiger partial charge is 0.494 e. The van der Waals surface area contributed by atoms with Gasteiger partial charge in [0.05, 0.1) is 24.0 Å². The number of sulfone groups is 1. The number of likely N-dealkylation sites (tertiary alicyclic amines) is 1. The van der Waals surface area contributed by atoms with Crippen LogP contribution in [0.3, 0.4) is 0 Å². The number of nitrogens with zero attached hydrogens (tertiary/aromatic N) is 1. The van der Waals surface area contributed by atoms with Crippen molar-refractivity contribution in [2.45, 2.75) is 38.6 Å². The van der Waals surface area contributed by atoms with Gasteiger partial charge in [0.2, 0.25) is 11.8 Å². The first kappa shape index (κ1) is 20.6. The number of amides is 2. The molecule has 2 saturated heterocycles. The molecule has 0 aromatic heterocycles. The molecule has 1 aromatic rings. The first-order valence-electron chi connectivity index (χ1n) is 9.81. The summed E-state index contributed by atoms with van der Waals surface area (Å²) in [5.41, 5.74) is 1.19. The van der Waals surface area contributed by atoms with Crippen molar-refractivity contribution in [1.29, 1.82) is 0 Å². The maximum absolute atomic E-state index is 12.3. The number of aryl methyl sites for hydroxylation is 1. The standard InChI is InChI=1S/C20H28N2O5S/c1-15-4-6-18(7-5-15)27-10-3-2-9-21-20(24)16-12-19(23)22(13-16)17-8-11-28(25,26)14-17/h4-7,16-17H,2-3,8-14H2,1H3,(H,21,24)/t16-,17+/m0/s1. The summed E-state index contributed by atoms with van der Waals surface area (Å²) in [6, 6.07) is 7.62. The van der Waals surface area contributed by atoms with E-state index in [1.54, 1.807) is 4.90 Å². The van der Waals surface area contributed by atoms with Crippen LogP contribution in [0.25, 0.3) is 0 Å². The van der Waals surface area contributed by atoms with Gasteiger partial charge in [0.1, 0.15) is 5.75 Å². The van der Waals surface area contributed by atoms with E-state index >= 15 is 0 Å². The summed E-state index contributed by atoms with van der Waals surface area (Å²) in [5, 5.41) is 2.89. The maximum atomic E-state index is 12.3. The van der Waals surface area contributed by atoms with Gasteiger partial charge in [0, 0.05) is 25.6 Å². The molecule has 2 amide bonds. The van der Waals surface area contributed by atoms with Gasteiger partial charge >= 0.3 is 0 Å². The van der Waals surface area contributed by atoms with Gasteiger partial charge in [-0.1, -0.05) is 17.7 Å². The predicted molar refractivity (Wildman–Crippen MR) is 106 cm³/mol. The number of hydrogen-bond donors (Lipinski definition) is 1. The summed E-state index contributed by atoms with van der Waals surface area (Å²) >= 11 is 0. The molecule has 8 heteroatoms. The second kappa shape index (κ2) is 8.94. The quantitative estimate of drug-likeness (QED) is 0.655. The number of hydrogen-bond acceptors (Lipinski definition) is 5. The lowest BCUT2D eigenvalue weighted by molar-refractivity contribution is -0.130. The molecule has 0 unspecified atom stereocenters. The zero-order valence-electron chi connectivity index (χ0n) is 16.2. The number of benzene rings is 1. The van der Waals surface area contributed by atoms with E-state index in [1.807, 2.05) is 31.2 Å². The molecule has 0 spiro atoms. The minimum absolute atomic E-state index is 0.0219. The highest BCUT2D eigenvalue weighted by Gasteiger charge is 2.41.